The lowest BCUT2D eigenvalue weighted by molar-refractivity contribution is 0.0570. The Morgan fingerprint density at radius 3 is 2.65 bits per heavy atom. The van der Waals surface area contributed by atoms with Crippen molar-refractivity contribution in [2.24, 2.45) is 5.92 Å². The minimum Gasteiger partial charge on any atom is -0.381 e. The van der Waals surface area contributed by atoms with Gasteiger partial charge in [-0.1, -0.05) is 5.16 Å². The van der Waals surface area contributed by atoms with E-state index in [9.17, 15) is 0 Å². The maximum atomic E-state index is 5.42. The van der Waals surface area contributed by atoms with Crippen molar-refractivity contribution >= 4 is 5.95 Å². The van der Waals surface area contributed by atoms with Gasteiger partial charge in [0, 0.05) is 25.6 Å². The van der Waals surface area contributed by atoms with E-state index in [1.165, 1.54) is 0 Å². The molecule has 3 heterocycles. The number of hydrogen-bond donors (Lipinski definition) is 1. The third kappa shape index (κ3) is 2.93. The maximum Gasteiger partial charge on any atom is 0.249 e. The molecule has 1 fully saturated rings. The van der Waals surface area contributed by atoms with E-state index in [0.717, 1.165) is 26.1 Å². The van der Waals surface area contributed by atoms with Gasteiger partial charge in [0.05, 0.1) is 0 Å². The van der Waals surface area contributed by atoms with E-state index < -0.39 is 0 Å². The minimum atomic E-state index is -0.0810. The summed E-state index contributed by atoms with van der Waals surface area (Å²) in [5.74, 6) is 2.15. The molecule has 0 saturated carbocycles. The van der Waals surface area contributed by atoms with Crippen LogP contribution >= 0.6 is 0 Å². The molecule has 1 aliphatic heterocycles. The van der Waals surface area contributed by atoms with Crippen LogP contribution < -0.4 is 5.32 Å². The fourth-order valence-electron chi connectivity index (χ4n) is 2.38. The fraction of sp³-hybridized carbons (Fsp3) is 0.538. The molecule has 2 aromatic rings. The topological polar surface area (TPSA) is 86.0 Å². The summed E-state index contributed by atoms with van der Waals surface area (Å²) in [4.78, 5) is 12.8. The smallest absolute Gasteiger partial charge is 0.249 e. The van der Waals surface area contributed by atoms with Crippen molar-refractivity contribution in [2.45, 2.75) is 25.8 Å². The zero-order valence-corrected chi connectivity index (χ0v) is 11.3. The van der Waals surface area contributed by atoms with Crippen LogP contribution in [0.4, 0.5) is 5.95 Å². The number of hydrogen-bond acceptors (Lipinski definition) is 7. The molecule has 1 aliphatic rings. The SMILES string of the molecule is Cc1noc([C@H](Nc2ncccn2)C2CCOCC2)n1. The Labute approximate surface area is 116 Å². The Morgan fingerprint density at radius 1 is 1.25 bits per heavy atom. The molecular weight excluding hydrogens is 258 g/mol. The monoisotopic (exact) mass is 275 g/mol. The van der Waals surface area contributed by atoms with Crippen LogP contribution in [0.5, 0.6) is 0 Å². The second kappa shape index (κ2) is 5.96. The average molecular weight is 275 g/mol. The first-order valence-corrected chi connectivity index (χ1v) is 6.74. The Bertz CT molecular complexity index is 539. The molecule has 0 bridgehead atoms. The molecule has 106 valence electrons. The maximum absolute atomic E-state index is 5.42. The summed E-state index contributed by atoms with van der Waals surface area (Å²) in [7, 11) is 0. The molecule has 0 aromatic carbocycles. The Morgan fingerprint density at radius 2 is 2.00 bits per heavy atom. The third-order valence-corrected chi connectivity index (χ3v) is 3.40. The molecule has 3 rings (SSSR count). The minimum absolute atomic E-state index is 0.0810. The standard InChI is InChI=1S/C13H17N5O2/c1-9-16-12(20-18-9)11(10-3-7-19-8-4-10)17-13-14-5-2-6-15-13/h2,5-6,10-11H,3-4,7-8H2,1H3,(H,14,15,17)/t11-/m1/s1. The number of rotatable bonds is 4. The van der Waals surface area contributed by atoms with E-state index in [4.69, 9.17) is 9.26 Å². The highest BCUT2D eigenvalue weighted by molar-refractivity contribution is 5.26. The van der Waals surface area contributed by atoms with Crippen molar-refractivity contribution in [3.8, 4) is 0 Å². The number of nitrogens with one attached hydrogen (secondary N) is 1. The van der Waals surface area contributed by atoms with Crippen molar-refractivity contribution in [2.75, 3.05) is 18.5 Å². The number of aromatic nitrogens is 4. The largest absolute Gasteiger partial charge is 0.381 e. The molecule has 1 atom stereocenters. The predicted octanol–water partition coefficient (Wildman–Crippen LogP) is 1.75. The second-order valence-corrected chi connectivity index (χ2v) is 4.82. The lowest BCUT2D eigenvalue weighted by Gasteiger charge is -2.28. The van der Waals surface area contributed by atoms with Crippen LogP contribution in [0.15, 0.2) is 23.0 Å². The van der Waals surface area contributed by atoms with Crippen LogP contribution in [0.25, 0.3) is 0 Å². The number of anilines is 1. The lowest BCUT2D eigenvalue weighted by atomic mass is 9.91. The van der Waals surface area contributed by atoms with Crippen LogP contribution in [0.3, 0.4) is 0 Å². The Kier molecular flexibility index (Phi) is 3.87. The summed E-state index contributed by atoms with van der Waals surface area (Å²) in [6.07, 6.45) is 5.31. The molecule has 0 unspecified atom stereocenters. The van der Waals surface area contributed by atoms with Crippen LogP contribution in [0.2, 0.25) is 0 Å². The summed E-state index contributed by atoms with van der Waals surface area (Å²) in [6, 6.07) is 1.70. The van der Waals surface area contributed by atoms with Gasteiger partial charge in [0.15, 0.2) is 5.82 Å². The van der Waals surface area contributed by atoms with E-state index in [2.05, 4.69) is 25.4 Å². The molecule has 0 spiro atoms. The first-order valence-electron chi connectivity index (χ1n) is 6.74. The molecule has 2 aromatic heterocycles. The number of nitrogens with zero attached hydrogens (tertiary/aromatic N) is 4. The van der Waals surface area contributed by atoms with Crippen molar-refractivity contribution in [1.29, 1.82) is 0 Å². The molecule has 1 N–H and O–H groups in total. The van der Waals surface area contributed by atoms with Gasteiger partial charge in [-0.25, -0.2) is 9.97 Å². The number of ether oxygens (including phenoxy) is 1. The van der Waals surface area contributed by atoms with Crippen molar-refractivity contribution < 1.29 is 9.26 Å². The highest BCUT2D eigenvalue weighted by Gasteiger charge is 2.30. The number of aryl methyl sites for hydroxylation is 1. The normalized spacial score (nSPS) is 17.9. The van der Waals surface area contributed by atoms with Crippen LogP contribution in [-0.4, -0.2) is 33.3 Å². The first kappa shape index (κ1) is 13.0. The molecular formula is C13H17N5O2. The zero-order valence-electron chi connectivity index (χ0n) is 11.3. The van der Waals surface area contributed by atoms with Gasteiger partial charge in [-0.2, -0.15) is 4.98 Å². The molecule has 0 amide bonds. The van der Waals surface area contributed by atoms with Crippen LogP contribution in [0.1, 0.15) is 30.6 Å². The zero-order chi connectivity index (χ0) is 13.8. The van der Waals surface area contributed by atoms with Gasteiger partial charge in [0.25, 0.3) is 0 Å². The van der Waals surface area contributed by atoms with Gasteiger partial charge in [0.1, 0.15) is 6.04 Å². The fourth-order valence-corrected chi connectivity index (χ4v) is 2.38. The Balaban J connectivity index is 1.82. The average Bonchev–Trinajstić information content (AvgIpc) is 2.93. The van der Waals surface area contributed by atoms with Gasteiger partial charge in [-0.15, -0.1) is 0 Å². The van der Waals surface area contributed by atoms with Crippen LogP contribution in [-0.2, 0) is 4.74 Å². The molecule has 7 nitrogen and oxygen atoms in total. The molecule has 0 radical (unpaired) electrons. The summed E-state index contributed by atoms with van der Waals surface area (Å²) in [5.41, 5.74) is 0. The van der Waals surface area contributed by atoms with E-state index in [1.54, 1.807) is 18.5 Å². The third-order valence-electron chi connectivity index (χ3n) is 3.40. The van der Waals surface area contributed by atoms with E-state index >= 15 is 0 Å². The van der Waals surface area contributed by atoms with Gasteiger partial charge < -0.3 is 14.6 Å². The quantitative estimate of drug-likeness (QED) is 0.909. The summed E-state index contributed by atoms with van der Waals surface area (Å²) >= 11 is 0. The highest BCUT2D eigenvalue weighted by Crippen LogP contribution is 2.31. The van der Waals surface area contributed by atoms with Crippen molar-refractivity contribution in [3.63, 3.8) is 0 Å². The Hall–Kier alpha value is -2.02. The molecule has 0 aliphatic carbocycles. The molecule has 1 saturated heterocycles. The summed E-state index contributed by atoms with van der Waals surface area (Å²) < 4.78 is 10.7. The van der Waals surface area contributed by atoms with Gasteiger partial charge in [-0.05, 0) is 31.7 Å². The summed E-state index contributed by atoms with van der Waals surface area (Å²) in [5, 5.41) is 7.18. The first-order chi connectivity index (χ1) is 9.83. The predicted molar refractivity (Wildman–Crippen MR) is 71.0 cm³/mol. The van der Waals surface area contributed by atoms with E-state index in [0.29, 0.717) is 23.6 Å². The highest BCUT2D eigenvalue weighted by atomic mass is 16.5. The molecule has 20 heavy (non-hydrogen) atoms. The van der Waals surface area contributed by atoms with E-state index in [1.807, 2.05) is 6.92 Å². The second-order valence-electron chi connectivity index (χ2n) is 4.82. The summed E-state index contributed by atoms with van der Waals surface area (Å²) in [6.45, 7) is 3.32. The van der Waals surface area contributed by atoms with Crippen molar-refractivity contribution in [3.05, 3.63) is 30.2 Å². The van der Waals surface area contributed by atoms with E-state index in [-0.39, 0.29) is 6.04 Å². The van der Waals surface area contributed by atoms with Gasteiger partial charge >= 0.3 is 0 Å². The molecule has 7 heteroatoms. The van der Waals surface area contributed by atoms with Crippen molar-refractivity contribution in [1.82, 2.24) is 20.1 Å². The lowest BCUT2D eigenvalue weighted by Crippen LogP contribution is -2.28. The van der Waals surface area contributed by atoms with Gasteiger partial charge in [-0.3, -0.25) is 0 Å². The van der Waals surface area contributed by atoms with Crippen LogP contribution in [0, 0.1) is 12.8 Å². The van der Waals surface area contributed by atoms with Gasteiger partial charge in [0.2, 0.25) is 11.8 Å².